The summed E-state index contributed by atoms with van der Waals surface area (Å²) < 4.78 is 39.9. The first-order valence-electron chi connectivity index (χ1n) is 4.41. The lowest BCUT2D eigenvalue weighted by atomic mass is 10.2. The highest BCUT2D eigenvalue weighted by molar-refractivity contribution is 5.89. The van der Waals surface area contributed by atoms with E-state index in [1.54, 1.807) is 0 Å². The fourth-order valence-electron chi connectivity index (χ4n) is 1.06. The summed E-state index contributed by atoms with van der Waals surface area (Å²) in [6.45, 7) is -1.66. The third kappa shape index (κ3) is 3.92. The lowest BCUT2D eigenvalue weighted by Gasteiger charge is -2.09. The molecule has 0 amide bonds. The van der Waals surface area contributed by atoms with Gasteiger partial charge in [0, 0.05) is 6.07 Å². The third-order valence-electron chi connectivity index (χ3n) is 1.75. The van der Waals surface area contributed by atoms with Gasteiger partial charge in [-0.05, 0) is 6.07 Å². The van der Waals surface area contributed by atoms with Crippen molar-refractivity contribution in [2.75, 3.05) is 6.61 Å². The van der Waals surface area contributed by atoms with Crippen LogP contribution in [0.4, 0.5) is 18.9 Å². The quantitative estimate of drug-likeness (QED) is 0.666. The Morgan fingerprint density at radius 1 is 1.39 bits per heavy atom. The van der Waals surface area contributed by atoms with Crippen molar-refractivity contribution in [1.29, 1.82) is 0 Å². The van der Waals surface area contributed by atoms with Crippen LogP contribution in [0.2, 0.25) is 0 Å². The number of hydrogen-bond donors (Lipinski definition) is 1. The van der Waals surface area contributed by atoms with Gasteiger partial charge in [-0.25, -0.2) is 4.79 Å². The molecule has 0 saturated carbocycles. The molecular formula is C9H6F3NO5. The average molecular weight is 265 g/mol. The van der Waals surface area contributed by atoms with Gasteiger partial charge in [0.2, 0.25) is 0 Å². The smallest absolute Gasteiger partial charge is 0.422 e. The lowest BCUT2D eigenvalue weighted by molar-refractivity contribution is -0.385. The maximum Gasteiger partial charge on any atom is 0.422 e. The van der Waals surface area contributed by atoms with E-state index in [0.717, 1.165) is 18.2 Å². The molecular weight excluding hydrogens is 259 g/mol. The summed E-state index contributed by atoms with van der Waals surface area (Å²) in [7, 11) is 0. The van der Waals surface area contributed by atoms with Crippen molar-refractivity contribution >= 4 is 11.7 Å². The number of aromatic carboxylic acids is 1. The molecule has 0 aliphatic rings. The minimum absolute atomic E-state index is 0.527. The molecule has 0 spiro atoms. The van der Waals surface area contributed by atoms with Gasteiger partial charge in [-0.15, -0.1) is 0 Å². The van der Waals surface area contributed by atoms with Crippen molar-refractivity contribution in [2.45, 2.75) is 6.18 Å². The Morgan fingerprint density at radius 3 is 2.44 bits per heavy atom. The number of carboxylic acids is 1. The number of benzene rings is 1. The van der Waals surface area contributed by atoms with Crippen LogP contribution >= 0.6 is 0 Å². The summed E-state index contributed by atoms with van der Waals surface area (Å²) in [6.07, 6.45) is -4.62. The molecule has 1 N–H and O–H groups in total. The minimum atomic E-state index is -4.62. The van der Waals surface area contributed by atoms with Crippen molar-refractivity contribution in [1.82, 2.24) is 0 Å². The Balaban J connectivity index is 3.04. The zero-order valence-corrected chi connectivity index (χ0v) is 8.60. The molecule has 0 aromatic heterocycles. The van der Waals surface area contributed by atoms with E-state index in [1.807, 2.05) is 0 Å². The predicted molar refractivity (Wildman–Crippen MR) is 51.6 cm³/mol. The van der Waals surface area contributed by atoms with Crippen LogP contribution < -0.4 is 4.74 Å². The number of halogens is 3. The maximum atomic E-state index is 11.9. The number of carbonyl (C=O) groups is 1. The van der Waals surface area contributed by atoms with Gasteiger partial charge in [-0.3, -0.25) is 10.1 Å². The molecule has 0 aliphatic heterocycles. The number of nitro groups is 1. The predicted octanol–water partition coefficient (Wildman–Crippen LogP) is 2.23. The molecule has 98 valence electrons. The summed E-state index contributed by atoms with van der Waals surface area (Å²) in [5.41, 5.74) is -1.19. The minimum Gasteiger partial charge on any atom is -0.484 e. The Hall–Kier alpha value is -2.32. The van der Waals surface area contributed by atoms with E-state index in [1.165, 1.54) is 0 Å². The number of ether oxygens (including phenoxy) is 1. The highest BCUT2D eigenvalue weighted by Crippen LogP contribution is 2.25. The molecule has 18 heavy (non-hydrogen) atoms. The van der Waals surface area contributed by atoms with Gasteiger partial charge < -0.3 is 9.84 Å². The Morgan fingerprint density at radius 2 is 2.00 bits per heavy atom. The molecule has 0 aliphatic carbocycles. The van der Waals surface area contributed by atoms with Crippen molar-refractivity contribution in [3.05, 3.63) is 33.9 Å². The van der Waals surface area contributed by atoms with E-state index in [4.69, 9.17) is 5.11 Å². The van der Waals surface area contributed by atoms with Crippen LogP contribution in [-0.4, -0.2) is 28.8 Å². The number of nitrogens with zero attached hydrogens (tertiary/aromatic N) is 1. The van der Waals surface area contributed by atoms with Crippen LogP contribution in [0.1, 0.15) is 10.4 Å². The number of carboxylic acid groups (broad SMARTS) is 1. The van der Waals surface area contributed by atoms with Gasteiger partial charge in [-0.1, -0.05) is 0 Å². The van der Waals surface area contributed by atoms with E-state index >= 15 is 0 Å². The Labute approximate surface area is 97.7 Å². The fourth-order valence-corrected chi connectivity index (χ4v) is 1.06. The van der Waals surface area contributed by atoms with E-state index < -0.39 is 40.7 Å². The van der Waals surface area contributed by atoms with Crippen LogP contribution in [0.25, 0.3) is 0 Å². The molecule has 0 unspecified atom stereocenters. The third-order valence-corrected chi connectivity index (χ3v) is 1.75. The zero-order chi connectivity index (χ0) is 13.9. The van der Waals surface area contributed by atoms with Crippen molar-refractivity contribution in [3.8, 4) is 5.75 Å². The van der Waals surface area contributed by atoms with Gasteiger partial charge in [-0.2, -0.15) is 13.2 Å². The molecule has 0 bridgehead atoms. The van der Waals surface area contributed by atoms with Crippen molar-refractivity contribution < 1.29 is 32.7 Å². The number of rotatable bonds is 4. The average Bonchev–Trinajstić information content (AvgIpc) is 2.25. The van der Waals surface area contributed by atoms with Crippen molar-refractivity contribution in [3.63, 3.8) is 0 Å². The molecule has 0 heterocycles. The largest absolute Gasteiger partial charge is 0.484 e. The van der Waals surface area contributed by atoms with E-state index in [0.29, 0.717) is 0 Å². The lowest BCUT2D eigenvalue weighted by Crippen LogP contribution is -2.19. The molecule has 0 saturated heterocycles. The summed E-state index contributed by atoms with van der Waals surface area (Å²) in [6, 6.07) is 2.22. The normalized spacial score (nSPS) is 11.1. The first kappa shape index (κ1) is 13.7. The van der Waals surface area contributed by atoms with Gasteiger partial charge in [0.25, 0.3) is 5.69 Å². The van der Waals surface area contributed by atoms with E-state index in [2.05, 4.69) is 4.74 Å². The second-order valence-corrected chi connectivity index (χ2v) is 3.18. The van der Waals surface area contributed by atoms with E-state index in [-0.39, 0.29) is 0 Å². The first-order chi connectivity index (χ1) is 8.19. The van der Waals surface area contributed by atoms with Crippen LogP contribution in [0, 0.1) is 10.1 Å². The zero-order valence-electron chi connectivity index (χ0n) is 8.60. The number of nitro benzene ring substituents is 1. The SMILES string of the molecule is O=C(O)c1cc(OCC(F)(F)F)cc([N+](=O)[O-])c1. The Kier molecular flexibility index (Phi) is 3.74. The Bertz CT molecular complexity index is 453. The van der Waals surface area contributed by atoms with Crippen molar-refractivity contribution in [2.24, 2.45) is 0 Å². The molecule has 0 fully saturated rings. The highest BCUT2D eigenvalue weighted by atomic mass is 19.4. The van der Waals surface area contributed by atoms with Gasteiger partial charge >= 0.3 is 12.1 Å². The molecule has 1 rings (SSSR count). The summed E-state index contributed by atoms with van der Waals surface area (Å²) in [5.74, 6) is -2.03. The van der Waals surface area contributed by atoms with Crippen LogP contribution in [0.5, 0.6) is 5.75 Å². The molecule has 0 radical (unpaired) electrons. The topological polar surface area (TPSA) is 89.7 Å². The van der Waals surface area contributed by atoms with Crippen LogP contribution in [0.15, 0.2) is 18.2 Å². The van der Waals surface area contributed by atoms with Gasteiger partial charge in [0.15, 0.2) is 6.61 Å². The van der Waals surface area contributed by atoms with Gasteiger partial charge in [0.05, 0.1) is 16.6 Å². The van der Waals surface area contributed by atoms with Gasteiger partial charge in [0.1, 0.15) is 5.75 Å². The number of hydrogen-bond acceptors (Lipinski definition) is 4. The number of alkyl halides is 3. The summed E-state index contributed by atoms with van der Waals surface area (Å²) >= 11 is 0. The van der Waals surface area contributed by atoms with Crippen LogP contribution in [-0.2, 0) is 0 Å². The molecule has 6 nitrogen and oxygen atoms in total. The fraction of sp³-hybridized carbons (Fsp3) is 0.222. The maximum absolute atomic E-state index is 11.9. The summed E-state index contributed by atoms with van der Waals surface area (Å²) in [4.78, 5) is 20.2. The summed E-state index contributed by atoms with van der Waals surface area (Å²) in [5, 5.41) is 19.1. The monoisotopic (exact) mass is 265 g/mol. The standard InChI is InChI=1S/C9H6F3NO5/c10-9(11,12)4-18-7-2-5(8(14)15)1-6(3-7)13(16)17/h1-3H,4H2,(H,14,15). The first-order valence-corrected chi connectivity index (χ1v) is 4.41. The second-order valence-electron chi connectivity index (χ2n) is 3.18. The molecule has 9 heteroatoms. The molecule has 1 aromatic rings. The molecule has 1 aromatic carbocycles. The van der Waals surface area contributed by atoms with Crippen LogP contribution in [0.3, 0.4) is 0 Å². The highest BCUT2D eigenvalue weighted by Gasteiger charge is 2.29. The van der Waals surface area contributed by atoms with E-state index in [9.17, 15) is 28.1 Å². The number of non-ortho nitro benzene ring substituents is 1. The molecule has 0 atom stereocenters. The second kappa shape index (κ2) is 4.90.